The largest absolute Gasteiger partial charge is 0.357 e. The minimum Gasteiger partial charge on any atom is -0.357 e. The third-order valence-corrected chi connectivity index (χ3v) is 2.17. The summed E-state index contributed by atoms with van der Waals surface area (Å²) in [5.74, 6) is -0.383. The van der Waals surface area contributed by atoms with Gasteiger partial charge in [-0.25, -0.2) is 13.8 Å². The van der Waals surface area contributed by atoms with E-state index in [1.165, 1.54) is 0 Å². The van der Waals surface area contributed by atoms with Gasteiger partial charge in [0.25, 0.3) is 0 Å². The maximum Gasteiger partial charge on any atom is 0.191 e. The maximum absolute atomic E-state index is 13.4. The highest BCUT2D eigenvalue weighted by atomic mass is 19.1. The van der Waals surface area contributed by atoms with Crippen LogP contribution in [0.5, 0.6) is 0 Å². The molecule has 5 heteroatoms. The first-order chi connectivity index (χ1) is 8.67. The molecule has 0 saturated heterocycles. The zero-order chi connectivity index (χ0) is 13.4. The molecule has 0 unspecified atom stereocenters. The third kappa shape index (κ3) is 4.53. The van der Waals surface area contributed by atoms with Gasteiger partial charge in [-0.2, -0.15) is 0 Å². The fourth-order valence-electron chi connectivity index (χ4n) is 1.34. The molecule has 0 bridgehead atoms. The minimum absolute atomic E-state index is 0.0794. The van der Waals surface area contributed by atoms with Gasteiger partial charge in [0, 0.05) is 18.7 Å². The number of guanidine groups is 1. The van der Waals surface area contributed by atoms with E-state index in [0.29, 0.717) is 19.0 Å². The van der Waals surface area contributed by atoms with E-state index in [4.69, 9.17) is 0 Å². The predicted molar refractivity (Wildman–Crippen MR) is 69.4 cm³/mol. The Morgan fingerprint density at radius 2 is 2.17 bits per heavy atom. The molecule has 98 valence electrons. The van der Waals surface area contributed by atoms with E-state index < -0.39 is 11.6 Å². The molecule has 0 aliphatic heterocycles. The summed E-state index contributed by atoms with van der Waals surface area (Å²) in [5.41, 5.74) is 0.228. The topological polar surface area (TPSA) is 36.4 Å². The van der Waals surface area contributed by atoms with Crippen molar-refractivity contribution in [1.29, 1.82) is 0 Å². The molecule has 0 aromatic heterocycles. The van der Waals surface area contributed by atoms with E-state index in [-0.39, 0.29) is 12.1 Å². The van der Waals surface area contributed by atoms with Gasteiger partial charge in [0.2, 0.25) is 0 Å². The van der Waals surface area contributed by atoms with E-state index in [0.717, 1.165) is 18.2 Å². The highest BCUT2D eigenvalue weighted by molar-refractivity contribution is 5.79. The summed E-state index contributed by atoms with van der Waals surface area (Å²) in [4.78, 5) is 4.16. The van der Waals surface area contributed by atoms with E-state index in [1.807, 2.05) is 6.92 Å². The lowest BCUT2D eigenvalue weighted by molar-refractivity contribution is 0.585. The SMILES string of the molecule is C=CCNC(=NCc1cc(F)ccc1F)NCC. The lowest BCUT2D eigenvalue weighted by Crippen LogP contribution is -2.37. The number of hydrogen-bond donors (Lipinski definition) is 2. The van der Waals surface area contributed by atoms with Crippen molar-refractivity contribution in [3.8, 4) is 0 Å². The van der Waals surface area contributed by atoms with Crippen molar-refractivity contribution in [3.63, 3.8) is 0 Å². The Labute approximate surface area is 106 Å². The van der Waals surface area contributed by atoms with Gasteiger partial charge >= 0.3 is 0 Å². The van der Waals surface area contributed by atoms with Crippen molar-refractivity contribution in [1.82, 2.24) is 10.6 Å². The summed E-state index contributed by atoms with van der Waals surface area (Å²) >= 11 is 0. The first-order valence-electron chi connectivity index (χ1n) is 5.74. The molecule has 0 aliphatic carbocycles. The zero-order valence-corrected chi connectivity index (χ0v) is 10.3. The summed E-state index contributed by atoms with van der Waals surface area (Å²) < 4.78 is 26.3. The first kappa shape index (κ1) is 14.2. The van der Waals surface area contributed by atoms with Crippen LogP contribution in [0.25, 0.3) is 0 Å². The second kappa shape index (κ2) is 7.42. The van der Waals surface area contributed by atoms with Crippen LogP contribution in [-0.2, 0) is 6.54 Å². The fraction of sp³-hybridized carbons (Fsp3) is 0.308. The number of aliphatic imine (C=N–C) groups is 1. The van der Waals surface area contributed by atoms with Crippen LogP contribution in [0.3, 0.4) is 0 Å². The van der Waals surface area contributed by atoms with Crippen LogP contribution in [-0.4, -0.2) is 19.0 Å². The quantitative estimate of drug-likeness (QED) is 0.479. The van der Waals surface area contributed by atoms with Gasteiger partial charge in [-0.15, -0.1) is 6.58 Å². The molecule has 1 rings (SSSR count). The molecule has 0 amide bonds. The van der Waals surface area contributed by atoms with Crippen molar-refractivity contribution in [3.05, 3.63) is 48.1 Å². The minimum atomic E-state index is -0.467. The van der Waals surface area contributed by atoms with Crippen LogP contribution in [0.15, 0.2) is 35.8 Å². The number of halogens is 2. The summed E-state index contributed by atoms with van der Waals surface area (Å²) in [6.45, 7) is 6.83. The lowest BCUT2D eigenvalue weighted by Gasteiger charge is -2.09. The summed E-state index contributed by atoms with van der Waals surface area (Å²) in [6.07, 6.45) is 1.69. The van der Waals surface area contributed by atoms with E-state index in [9.17, 15) is 8.78 Å². The Morgan fingerprint density at radius 1 is 1.39 bits per heavy atom. The van der Waals surface area contributed by atoms with Gasteiger partial charge in [-0.05, 0) is 25.1 Å². The monoisotopic (exact) mass is 253 g/mol. The van der Waals surface area contributed by atoms with Crippen molar-refractivity contribution < 1.29 is 8.78 Å². The number of nitrogens with zero attached hydrogens (tertiary/aromatic N) is 1. The van der Waals surface area contributed by atoms with Crippen molar-refractivity contribution in [2.45, 2.75) is 13.5 Å². The van der Waals surface area contributed by atoms with Crippen LogP contribution in [0.1, 0.15) is 12.5 Å². The van der Waals surface area contributed by atoms with Gasteiger partial charge in [0.1, 0.15) is 11.6 Å². The fourth-order valence-corrected chi connectivity index (χ4v) is 1.34. The molecule has 18 heavy (non-hydrogen) atoms. The van der Waals surface area contributed by atoms with Crippen LogP contribution in [0, 0.1) is 11.6 Å². The van der Waals surface area contributed by atoms with Crippen LogP contribution in [0.4, 0.5) is 8.78 Å². The van der Waals surface area contributed by atoms with Crippen molar-refractivity contribution in [2.24, 2.45) is 4.99 Å². The van der Waals surface area contributed by atoms with Crippen LogP contribution in [0.2, 0.25) is 0 Å². The van der Waals surface area contributed by atoms with Gasteiger partial charge in [0.05, 0.1) is 6.54 Å². The molecule has 0 fully saturated rings. The standard InChI is InChI=1S/C13H17F2N3/c1-3-7-17-13(16-4-2)18-9-10-8-11(14)5-6-12(10)15/h3,5-6,8H,1,4,7,9H2,2H3,(H2,16,17,18). The number of hydrogen-bond acceptors (Lipinski definition) is 1. The van der Waals surface area contributed by atoms with Gasteiger partial charge in [-0.3, -0.25) is 0 Å². The van der Waals surface area contributed by atoms with E-state index >= 15 is 0 Å². The number of rotatable bonds is 5. The average Bonchev–Trinajstić information content (AvgIpc) is 2.36. The summed E-state index contributed by atoms with van der Waals surface area (Å²) in [7, 11) is 0. The zero-order valence-electron chi connectivity index (χ0n) is 10.3. The first-order valence-corrected chi connectivity index (χ1v) is 5.74. The molecule has 0 saturated carbocycles. The van der Waals surface area contributed by atoms with Crippen LogP contribution < -0.4 is 10.6 Å². The molecule has 0 radical (unpaired) electrons. The molecular weight excluding hydrogens is 236 g/mol. The normalized spacial score (nSPS) is 11.2. The second-order valence-corrected chi connectivity index (χ2v) is 3.60. The smallest absolute Gasteiger partial charge is 0.191 e. The molecule has 0 spiro atoms. The van der Waals surface area contributed by atoms with E-state index in [1.54, 1.807) is 6.08 Å². The Bertz CT molecular complexity index is 430. The third-order valence-electron chi connectivity index (χ3n) is 2.17. The Balaban J connectivity index is 2.73. The molecule has 3 nitrogen and oxygen atoms in total. The van der Waals surface area contributed by atoms with Crippen LogP contribution >= 0.6 is 0 Å². The Morgan fingerprint density at radius 3 is 2.83 bits per heavy atom. The van der Waals surface area contributed by atoms with Gasteiger partial charge in [0.15, 0.2) is 5.96 Å². The number of nitrogens with one attached hydrogen (secondary N) is 2. The summed E-state index contributed by atoms with van der Waals surface area (Å²) in [5, 5.41) is 5.98. The predicted octanol–water partition coefficient (Wildman–Crippen LogP) is 2.21. The molecule has 1 aromatic rings. The second-order valence-electron chi connectivity index (χ2n) is 3.60. The molecule has 0 atom stereocenters. The molecule has 2 N–H and O–H groups in total. The molecule has 1 aromatic carbocycles. The average molecular weight is 253 g/mol. The Kier molecular flexibility index (Phi) is 5.84. The highest BCUT2D eigenvalue weighted by Gasteiger charge is 2.03. The number of benzene rings is 1. The lowest BCUT2D eigenvalue weighted by atomic mass is 10.2. The highest BCUT2D eigenvalue weighted by Crippen LogP contribution is 2.10. The summed E-state index contributed by atoms with van der Waals surface area (Å²) in [6, 6.07) is 3.34. The van der Waals surface area contributed by atoms with Crippen molar-refractivity contribution in [2.75, 3.05) is 13.1 Å². The van der Waals surface area contributed by atoms with Gasteiger partial charge in [-0.1, -0.05) is 6.08 Å². The van der Waals surface area contributed by atoms with Gasteiger partial charge < -0.3 is 10.6 Å². The van der Waals surface area contributed by atoms with Crippen molar-refractivity contribution >= 4 is 5.96 Å². The van der Waals surface area contributed by atoms with E-state index in [2.05, 4.69) is 22.2 Å². The maximum atomic E-state index is 13.4. The molecular formula is C13H17F2N3. The molecule has 0 heterocycles. The molecule has 0 aliphatic rings. The Hall–Kier alpha value is -1.91.